The second-order valence-corrected chi connectivity index (χ2v) is 6.13. The molecule has 1 fully saturated rings. The van der Waals surface area contributed by atoms with E-state index in [1.54, 1.807) is 6.33 Å². The fourth-order valence-corrected chi connectivity index (χ4v) is 3.11. The molecule has 1 aliphatic rings. The first-order chi connectivity index (χ1) is 12.9. The molecular weight excluding hydrogens is 332 g/mol. The van der Waals surface area contributed by atoms with Crippen LogP contribution in [0.1, 0.15) is 5.82 Å². The van der Waals surface area contributed by atoms with Gasteiger partial charge in [0.05, 0.1) is 37.1 Å². The number of nitrogens with zero attached hydrogens (tertiary/aromatic N) is 5. The summed E-state index contributed by atoms with van der Waals surface area (Å²) in [5, 5.41) is 3.35. The Morgan fingerprint density at radius 2 is 2.00 bits per heavy atom. The van der Waals surface area contributed by atoms with Crippen molar-refractivity contribution in [3.63, 3.8) is 0 Å². The van der Waals surface area contributed by atoms with E-state index in [0.29, 0.717) is 37.2 Å². The predicted molar refractivity (Wildman–Crippen MR) is 98.1 cm³/mol. The summed E-state index contributed by atoms with van der Waals surface area (Å²) >= 11 is 0. The van der Waals surface area contributed by atoms with E-state index in [9.17, 15) is 0 Å². The van der Waals surface area contributed by atoms with Crippen LogP contribution in [0.25, 0.3) is 22.2 Å². The molecule has 9 nitrogen and oxygen atoms in total. The van der Waals surface area contributed by atoms with Crippen LogP contribution >= 0.6 is 0 Å². The van der Waals surface area contributed by atoms with Gasteiger partial charge in [-0.1, -0.05) is 12.1 Å². The Kier molecular flexibility index (Phi) is 3.64. The number of hydrogen-bond donors (Lipinski definition) is 3. The maximum atomic E-state index is 5.41. The molecule has 4 heterocycles. The third-order valence-electron chi connectivity index (χ3n) is 4.42. The van der Waals surface area contributed by atoms with Crippen molar-refractivity contribution in [1.82, 2.24) is 29.9 Å². The van der Waals surface area contributed by atoms with Crippen LogP contribution in [0.15, 0.2) is 30.6 Å². The van der Waals surface area contributed by atoms with E-state index in [4.69, 9.17) is 4.74 Å². The average molecular weight is 350 g/mol. The van der Waals surface area contributed by atoms with Crippen molar-refractivity contribution in [2.24, 2.45) is 0 Å². The summed E-state index contributed by atoms with van der Waals surface area (Å²) in [7, 11) is 0. The largest absolute Gasteiger partial charge is 0.378 e. The molecule has 0 bridgehead atoms. The summed E-state index contributed by atoms with van der Waals surface area (Å²) in [5.41, 5.74) is 3.41. The average Bonchev–Trinajstić information content (AvgIpc) is 3.33. The first-order valence-corrected chi connectivity index (χ1v) is 8.58. The summed E-state index contributed by atoms with van der Waals surface area (Å²) in [6.07, 6.45) is 1.63. The first kappa shape index (κ1) is 15.1. The molecule has 0 unspecified atom stereocenters. The molecule has 26 heavy (non-hydrogen) atoms. The van der Waals surface area contributed by atoms with Crippen LogP contribution in [-0.2, 0) is 11.3 Å². The number of morpholine rings is 1. The van der Waals surface area contributed by atoms with Crippen LogP contribution in [-0.4, -0.2) is 56.2 Å². The quantitative estimate of drug-likeness (QED) is 0.514. The Labute approximate surface area is 148 Å². The van der Waals surface area contributed by atoms with Crippen LogP contribution < -0.4 is 10.2 Å². The zero-order valence-corrected chi connectivity index (χ0v) is 14.1. The molecule has 0 atom stereocenters. The Balaban J connectivity index is 1.44. The first-order valence-electron chi connectivity index (χ1n) is 8.58. The number of ether oxygens (including phenoxy) is 1. The van der Waals surface area contributed by atoms with Gasteiger partial charge in [-0.3, -0.25) is 0 Å². The van der Waals surface area contributed by atoms with Crippen LogP contribution in [0.3, 0.4) is 0 Å². The summed E-state index contributed by atoms with van der Waals surface area (Å²) in [6.45, 7) is 3.46. The highest BCUT2D eigenvalue weighted by atomic mass is 16.5. The fourth-order valence-electron chi connectivity index (χ4n) is 3.11. The predicted octanol–water partition coefficient (Wildman–Crippen LogP) is 1.68. The van der Waals surface area contributed by atoms with Crippen molar-refractivity contribution < 1.29 is 4.74 Å². The minimum atomic E-state index is 0.524. The number of anilines is 2. The number of para-hydroxylation sites is 2. The maximum absolute atomic E-state index is 5.41. The molecule has 132 valence electrons. The van der Waals surface area contributed by atoms with Gasteiger partial charge in [0.25, 0.3) is 0 Å². The monoisotopic (exact) mass is 350 g/mol. The lowest BCUT2D eigenvalue weighted by atomic mass is 10.3. The van der Waals surface area contributed by atoms with E-state index in [1.807, 2.05) is 24.3 Å². The molecule has 4 aromatic rings. The van der Waals surface area contributed by atoms with Crippen molar-refractivity contribution in [1.29, 1.82) is 0 Å². The highest BCUT2D eigenvalue weighted by Gasteiger charge is 2.18. The zero-order valence-electron chi connectivity index (χ0n) is 14.1. The molecular formula is C17H18N8O. The van der Waals surface area contributed by atoms with Gasteiger partial charge in [0, 0.05) is 13.1 Å². The molecule has 0 aliphatic carbocycles. The standard InChI is InChI=1S/C17H18N8O/c1-2-4-12-11(3-1)21-13(22-12)9-18-15-14-16(20-10-19-14)24-17(23-15)25-5-7-26-8-6-25/h1-4,10H,5-9H2,(H,21,22)(H2,18,19,20,23,24). The molecule has 1 saturated heterocycles. The molecule has 0 saturated carbocycles. The van der Waals surface area contributed by atoms with E-state index < -0.39 is 0 Å². The number of nitrogens with one attached hydrogen (secondary N) is 3. The Morgan fingerprint density at radius 1 is 1.12 bits per heavy atom. The molecule has 1 aliphatic heterocycles. The second-order valence-electron chi connectivity index (χ2n) is 6.13. The van der Waals surface area contributed by atoms with Crippen LogP contribution in [0, 0.1) is 0 Å². The fraction of sp³-hybridized carbons (Fsp3) is 0.294. The Morgan fingerprint density at radius 3 is 2.88 bits per heavy atom. The van der Waals surface area contributed by atoms with E-state index in [1.165, 1.54) is 0 Å². The minimum absolute atomic E-state index is 0.524. The highest BCUT2D eigenvalue weighted by Crippen LogP contribution is 2.22. The molecule has 9 heteroatoms. The maximum Gasteiger partial charge on any atom is 0.229 e. The van der Waals surface area contributed by atoms with Crippen molar-refractivity contribution >= 4 is 34.0 Å². The van der Waals surface area contributed by atoms with Crippen molar-refractivity contribution in [2.75, 3.05) is 36.5 Å². The third kappa shape index (κ3) is 2.72. The summed E-state index contributed by atoms with van der Waals surface area (Å²) in [4.78, 5) is 26.7. The van der Waals surface area contributed by atoms with Gasteiger partial charge >= 0.3 is 0 Å². The van der Waals surface area contributed by atoms with Gasteiger partial charge in [0.2, 0.25) is 5.95 Å². The SMILES string of the molecule is c1ccc2[nH]c(CNc3nc(N4CCOCC4)nc4[nH]cnc34)nc2c1. The van der Waals surface area contributed by atoms with Gasteiger partial charge in [-0.2, -0.15) is 9.97 Å². The smallest absolute Gasteiger partial charge is 0.229 e. The number of imidazole rings is 2. The molecule has 0 spiro atoms. The van der Waals surface area contributed by atoms with Gasteiger partial charge in [0.1, 0.15) is 11.3 Å². The van der Waals surface area contributed by atoms with E-state index in [2.05, 4.69) is 40.1 Å². The summed E-state index contributed by atoms with van der Waals surface area (Å²) < 4.78 is 5.41. The van der Waals surface area contributed by atoms with Crippen LogP contribution in [0.4, 0.5) is 11.8 Å². The second kappa shape index (κ2) is 6.26. The molecule has 5 rings (SSSR count). The van der Waals surface area contributed by atoms with E-state index >= 15 is 0 Å². The number of aromatic nitrogens is 6. The lowest BCUT2D eigenvalue weighted by Crippen LogP contribution is -2.37. The number of H-pyrrole nitrogens is 2. The highest BCUT2D eigenvalue weighted by molar-refractivity contribution is 5.83. The zero-order chi connectivity index (χ0) is 17.3. The topological polar surface area (TPSA) is 108 Å². The number of aromatic amines is 2. The Hall–Kier alpha value is -3.20. The van der Waals surface area contributed by atoms with Crippen molar-refractivity contribution in [3.05, 3.63) is 36.4 Å². The van der Waals surface area contributed by atoms with E-state index in [-0.39, 0.29) is 0 Å². The van der Waals surface area contributed by atoms with Gasteiger partial charge < -0.3 is 24.9 Å². The van der Waals surface area contributed by atoms with Crippen LogP contribution in [0.5, 0.6) is 0 Å². The van der Waals surface area contributed by atoms with Crippen molar-refractivity contribution in [3.8, 4) is 0 Å². The van der Waals surface area contributed by atoms with Crippen molar-refractivity contribution in [2.45, 2.75) is 6.54 Å². The molecule has 0 amide bonds. The normalized spacial score (nSPS) is 15.0. The molecule has 1 aromatic carbocycles. The number of hydrogen-bond acceptors (Lipinski definition) is 7. The Bertz CT molecular complexity index is 1020. The lowest BCUT2D eigenvalue weighted by molar-refractivity contribution is 0.122. The number of rotatable bonds is 4. The van der Waals surface area contributed by atoms with Gasteiger partial charge in [-0.15, -0.1) is 0 Å². The van der Waals surface area contributed by atoms with Gasteiger partial charge in [-0.25, -0.2) is 9.97 Å². The lowest BCUT2D eigenvalue weighted by Gasteiger charge is -2.26. The van der Waals surface area contributed by atoms with Gasteiger partial charge in [0.15, 0.2) is 11.5 Å². The number of fused-ring (bicyclic) bond motifs is 2. The molecule has 0 radical (unpaired) electrons. The number of benzene rings is 1. The molecule has 3 aromatic heterocycles. The van der Waals surface area contributed by atoms with E-state index in [0.717, 1.165) is 35.5 Å². The minimum Gasteiger partial charge on any atom is -0.378 e. The van der Waals surface area contributed by atoms with Gasteiger partial charge in [-0.05, 0) is 12.1 Å². The summed E-state index contributed by atoms with van der Waals surface area (Å²) in [6, 6.07) is 7.97. The van der Waals surface area contributed by atoms with Crippen LogP contribution in [0.2, 0.25) is 0 Å². The summed E-state index contributed by atoms with van der Waals surface area (Å²) in [5.74, 6) is 2.22. The molecule has 3 N–H and O–H groups in total. The third-order valence-corrected chi connectivity index (χ3v) is 4.42.